The fraction of sp³-hybridized carbons (Fsp3) is 0.522. The normalized spacial score (nSPS) is 25.0. The van der Waals surface area contributed by atoms with Gasteiger partial charge in [0.25, 0.3) is 0 Å². The number of nitrogens with one attached hydrogen (secondary N) is 2. The largest absolute Gasteiger partial charge is 0.369 e. The van der Waals surface area contributed by atoms with Gasteiger partial charge in [0.15, 0.2) is 9.84 Å². The number of sulfone groups is 1. The second kappa shape index (κ2) is 9.43. The van der Waals surface area contributed by atoms with E-state index in [1.54, 1.807) is 24.3 Å². The molecule has 4 N–H and O–H groups in total. The van der Waals surface area contributed by atoms with Crippen LogP contribution in [0.15, 0.2) is 35.4 Å². The minimum atomic E-state index is -3.33. The predicted octanol–water partition coefficient (Wildman–Crippen LogP) is 2.93. The summed E-state index contributed by atoms with van der Waals surface area (Å²) in [6.07, 6.45) is 8.63. The van der Waals surface area contributed by atoms with Crippen LogP contribution < -0.4 is 16.4 Å². The fourth-order valence-corrected chi connectivity index (χ4v) is 6.13. The van der Waals surface area contributed by atoms with Crippen molar-refractivity contribution in [3.05, 3.63) is 41.6 Å². The Morgan fingerprint density at radius 2 is 1.91 bits per heavy atom. The molecule has 2 saturated carbocycles. The first-order chi connectivity index (χ1) is 15.3. The van der Waals surface area contributed by atoms with Crippen LogP contribution in [0.4, 0.5) is 11.8 Å². The molecule has 2 aromatic rings. The number of fused-ring (bicyclic) bond motifs is 2. The molecule has 2 aliphatic rings. The lowest BCUT2D eigenvalue weighted by atomic mass is 9.65. The number of benzene rings is 1. The highest BCUT2D eigenvalue weighted by atomic mass is 32.2. The van der Waals surface area contributed by atoms with Gasteiger partial charge in [0.1, 0.15) is 17.5 Å². The Bertz CT molecular complexity index is 1100. The van der Waals surface area contributed by atoms with Crippen molar-refractivity contribution in [1.29, 1.82) is 5.26 Å². The molecule has 8 nitrogen and oxygen atoms in total. The Kier molecular flexibility index (Phi) is 6.63. The van der Waals surface area contributed by atoms with E-state index in [0.29, 0.717) is 46.7 Å². The molecule has 0 amide bonds. The summed E-state index contributed by atoms with van der Waals surface area (Å²) in [7, 11) is -3.33. The van der Waals surface area contributed by atoms with Gasteiger partial charge in [-0.25, -0.2) is 13.4 Å². The average molecular weight is 455 g/mol. The lowest BCUT2D eigenvalue weighted by Gasteiger charge is -2.44. The quantitative estimate of drug-likeness (QED) is 0.581. The molecule has 1 aromatic carbocycles. The summed E-state index contributed by atoms with van der Waals surface area (Å²) in [6, 6.07) is 9.32. The van der Waals surface area contributed by atoms with Gasteiger partial charge in [-0.15, -0.1) is 0 Å². The zero-order chi connectivity index (χ0) is 22.7. The third kappa shape index (κ3) is 5.03. The van der Waals surface area contributed by atoms with Crippen LogP contribution in [0.5, 0.6) is 0 Å². The molecular weight excluding hydrogens is 424 g/mol. The minimum Gasteiger partial charge on any atom is -0.369 e. The van der Waals surface area contributed by atoms with Crippen molar-refractivity contribution < 1.29 is 8.42 Å². The van der Waals surface area contributed by atoms with Crippen molar-refractivity contribution in [2.75, 3.05) is 23.4 Å². The molecule has 2 unspecified atom stereocenters. The molecule has 2 aliphatic carbocycles. The van der Waals surface area contributed by atoms with Crippen LogP contribution in [0.3, 0.4) is 0 Å². The molecule has 170 valence electrons. The maximum absolute atomic E-state index is 12.0. The first kappa shape index (κ1) is 22.5. The zero-order valence-corrected chi connectivity index (χ0v) is 19.1. The molecule has 9 heteroatoms. The Hall–Kier alpha value is -2.70. The fourth-order valence-electron chi connectivity index (χ4n) is 5.19. The summed E-state index contributed by atoms with van der Waals surface area (Å²) >= 11 is 0. The van der Waals surface area contributed by atoms with E-state index in [1.807, 2.05) is 0 Å². The number of nitriles is 1. The minimum absolute atomic E-state index is 0.262. The lowest BCUT2D eigenvalue weighted by molar-refractivity contribution is 0.112. The van der Waals surface area contributed by atoms with Gasteiger partial charge in [0, 0.05) is 25.4 Å². The predicted molar refractivity (Wildman–Crippen MR) is 124 cm³/mol. The van der Waals surface area contributed by atoms with Crippen molar-refractivity contribution in [2.24, 2.45) is 23.5 Å². The van der Waals surface area contributed by atoms with E-state index in [0.717, 1.165) is 19.4 Å². The van der Waals surface area contributed by atoms with E-state index in [2.05, 4.69) is 26.7 Å². The maximum atomic E-state index is 12.0. The van der Waals surface area contributed by atoms with E-state index >= 15 is 0 Å². The highest BCUT2D eigenvalue weighted by molar-refractivity contribution is 7.90. The molecule has 0 spiro atoms. The second-order valence-electron chi connectivity index (χ2n) is 9.05. The molecule has 0 aliphatic heterocycles. The number of hydrogen-bond acceptors (Lipinski definition) is 8. The third-order valence-electron chi connectivity index (χ3n) is 6.79. The molecular formula is C23H30N6O2S. The van der Waals surface area contributed by atoms with Crippen molar-refractivity contribution in [3.8, 4) is 6.07 Å². The van der Waals surface area contributed by atoms with Gasteiger partial charge < -0.3 is 16.4 Å². The second-order valence-corrected chi connectivity index (χ2v) is 11.0. The summed E-state index contributed by atoms with van der Waals surface area (Å²) in [5, 5.41) is 15.9. The third-order valence-corrected chi connectivity index (χ3v) is 7.98. The van der Waals surface area contributed by atoms with Gasteiger partial charge in [-0.3, -0.25) is 0 Å². The maximum Gasteiger partial charge on any atom is 0.224 e. The number of anilines is 2. The van der Waals surface area contributed by atoms with Gasteiger partial charge >= 0.3 is 0 Å². The van der Waals surface area contributed by atoms with Crippen LogP contribution in [0.25, 0.3) is 0 Å². The molecule has 1 heterocycles. The SMILES string of the molecule is CS(=O)(=O)c1ccccc1CNc1ncc(C#N)c(NCC2C[C@H]3CCC[C@@H](C2)C3N)n1. The smallest absolute Gasteiger partial charge is 0.224 e. The number of nitrogens with two attached hydrogens (primary N) is 1. The monoisotopic (exact) mass is 454 g/mol. The van der Waals surface area contributed by atoms with E-state index in [1.165, 1.54) is 31.7 Å². The summed E-state index contributed by atoms with van der Waals surface area (Å²) in [5.74, 6) is 2.56. The zero-order valence-electron chi connectivity index (χ0n) is 18.3. The van der Waals surface area contributed by atoms with Gasteiger partial charge in [-0.2, -0.15) is 10.2 Å². The molecule has 0 radical (unpaired) electrons. The van der Waals surface area contributed by atoms with E-state index < -0.39 is 9.84 Å². The molecule has 1 aromatic heterocycles. The molecule has 4 atom stereocenters. The molecule has 2 bridgehead atoms. The summed E-state index contributed by atoms with van der Waals surface area (Å²) < 4.78 is 24.0. The highest BCUT2D eigenvalue weighted by Crippen LogP contribution is 2.41. The number of aromatic nitrogens is 2. The van der Waals surface area contributed by atoms with Gasteiger partial charge in [-0.1, -0.05) is 24.6 Å². The topological polar surface area (TPSA) is 134 Å². The molecule has 0 saturated heterocycles. The number of rotatable bonds is 7. The first-order valence-corrected chi connectivity index (χ1v) is 13.0. The Morgan fingerprint density at radius 3 is 2.59 bits per heavy atom. The Morgan fingerprint density at radius 1 is 1.19 bits per heavy atom. The van der Waals surface area contributed by atoms with Gasteiger partial charge in [0.05, 0.1) is 11.1 Å². The Labute approximate surface area is 189 Å². The molecule has 4 rings (SSSR count). The summed E-state index contributed by atoms with van der Waals surface area (Å²) in [4.78, 5) is 8.99. The van der Waals surface area contributed by atoms with Crippen LogP contribution >= 0.6 is 0 Å². The van der Waals surface area contributed by atoms with E-state index in [4.69, 9.17) is 5.73 Å². The highest BCUT2D eigenvalue weighted by Gasteiger charge is 2.37. The average Bonchev–Trinajstić information content (AvgIpc) is 2.76. The number of hydrogen-bond donors (Lipinski definition) is 3. The lowest BCUT2D eigenvalue weighted by Crippen LogP contribution is -2.47. The van der Waals surface area contributed by atoms with Crippen molar-refractivity contribution in [1.82, 2.24) is 9.97 Å². The van der Waals surface area contributed by atoms with Crippen LogP contribution in [0, 0.1) is 29.1 Å². The molecule has 32 heavy (non-hydrogen) atoms. The summed E-state index contributed by atoms with van der Waals surface area (Å²) in [6.45, 7) is 1.01. The number of nitrogens with zero attached hydrogens (tertiary/aromatic N) is 3. The van der Waals surface area contributed by atoms with Crippen LogP contribution in [-0.4, -0.2) is 37.2 Å². The van der Waals surface area contributed by atoms with Crippen molar-refractivity contribution in [3.63, 3.8) is 0 Å². The van der Waals surface area contributed by atoms with E-state index in [9.17, 15) is 13.7 Å². The molecule has 2 fully saturated rings. The van der Waals surface area contributed by atoms with Crippen LogP contribution in [0.2, 0.25) is 0 Å². The standard InChI is InChI=1S/C23H30N6O2S/c1-32(30,31)20-8-3-2-5-18(20)13-27-23-28-14-19(11-24)22(29-23)26-12-15-9-16-6-4-7-17(10-15)21(16)25/h2-3,5,8,14-17,21H,4,6-7,9-10,12-13,25H2,1H3,(H2,26,27,28,29)/t15?,16-,17+,21?. The Balaban J connectivity index is 1.43. The first-order valence-electron chi connectivity index (χ1n) is 11.1. The van der Waals surface area contributed by atoms with Gasteiger partial charge in [0.2, 0.25) is 5.95 Å². The van der Waals surface area contributed by atoms with Crippen LogP contribution in [-0.2, 0) is 16.4 Å². The van der Waals surface area contributed by atoms with Crippen LogP contribution in [0.1, 0.15) is 43.2 Å². The van der Waals surface area contributed by atoms with Gasteiger partial charge in [-0.05, 0) is 55.1 Å². The summed E-state index contributed by atoms with van der Waals surface area (Å²) in [5.41, 5.74) is 7.44. The van der Waals surface area contributed by atoms with E-state index in [-0.39, 0.29) is 11.4 Å². The van der Waals surface area contributed by atoms with Crippen molar-refractivity contribution in [2.45, 2.75) is 49.6 Å². The van der Waals surface area contributed by atoms with Crippen molar-refractivity contribution >= 4 is 21.6 Å².